The number of carbonyl (C=O) groups is 2. The number of carbonyl (C=O) groups excluding carboxylic acids is 2. The summed E-state index contributed by atoms with van der Waals surface area (Å²) in [5.41, 5.74) is 1.21. The van der Waals surface area contributed by atoms with Crippen LogP contribution in [0.3, 0.4) is 0 Å². The van der Waals surface area contributed by atoms with Crippen LogP contribution in [0.2, 0.25) is 0 Å². The number of fused-ring (bicyclic) bond motifs is 1. The summed E-state index contributed by atoms with van der Waals surface area (Å²) >= 11 is 0. The quantitative estimate of drug-likeness (QED) is 0.676. The van der Waals surface area contributed by atoms with Crippen LogP contribution >= 0.6 is 0 Å². The number of hydrogen-bond acceptors (Lipinski definition) is 4. The highest BCUT2D eigenvalue weighted by Gasteiger charge is 2.36. The highest BCUT2D eigenvalue weighted by atomic mass is 16.5. The summed E-state index contributed by atoms with van der Waals surface area (Å²) in [5, 5.41) is 2.87. The van der Waals surface area contributed by atoms with Crippen molar-refractivity contribution in [2.24, 2.45) is 0 Å². The Labute approximate surface area is 175 Å². The predicted molar refractivity (Wildman–Crippen MR) is 115 cm³/mol. The fraction of sp³-hybridized carbons (Fsp3) is 0.167. The van der Waals surface area contributed by atoms with Crippen molar-refractivity contribution >= 4 is 23.2 Å². The van der Waals surface area contributed by atoms with Gasteiger partial charge in [-0.1, -0.05) is 30.3 Å². The van der Waals surface area contributed by atoms with Crippen molar-refractivity contribution in [3.8, 4) is 17.2 Å². The fourth-order valence-electron chi connectivity index (χ4n) is 3.31. The highest BCUT2D eigenvalue weighted by molar-refractivity contribution is 6.07. The van der Waals surface area contributed by atoms with E-state index in [0.29, 0.717) is 22.9 Å². The Bertz CT molecular complexity index is 1050. The zero-order chi connectivity index (χ0) is 21.1. The van der Waals surface area contributed by atoms with E-state index in [-0.39, 0.29) is 11.8 Å². The van der Waals surface area contributed by atoms with E-state index in [4.69, 9.17) is 9.47 Å². The molecular weight excluding hydrogens is 380 g/mol. The molecule has 1 aliphatic heterocycles. The largest absolute Gasteiger partial charge is 0.479 e. The van der Waals surface area contributed by atoms with Crippen LogP contribution in [0.1, 0.15) is 13.8 Å². The molecule has 6 heteroatoms. The van der Waals surface area contributed by atoms with Gasteiger partial charge in [-0.15, -0.1) is 0 Å². The van der Waals surface area contributed by atoms with E-state index in [1.54, 1.807) is 50.2 Å². The monoisotopic (exact) mass is 402 g/mol. The first-order chi connectivity index (χ1) is 14.5. The van der Waals surface area contributed by atoms with Crippen LogP contribution in [-0.2, 0) is 9.59 Å². The average molecular weight is 402 g/mol. The number of hydrogen-bond donors (Lipinski definition) is 1. The first kappa shape index (κ1) is 19.5. The molecule has 2 amide bonds. The van der Waals surface area contributed by atoms with Crippen LogP contribution in [-0.4, -0.2) is 24.0 Å². The van der Waals surface area contributed by atoms with Crippen LogP contribution < -0.4 is 19.7 Å². The maximum absolute atomic E-state index is 12.9. The van der Waals surface area contributed by atoms with Gasteiger partial charge in [0.2, 0.25) is 5.91 Å². The highest BCUT2D eigenvalue weighted by Crippen LogP contribution is 2.35. The van der Waals surface area contributed by atoms with Crippen LogP contribution in [0, 0.1) is 0 Å². The summed E-state index contributed by atoms with van der Waals surface area (Å²) in [6, 6.07) is 23.1. The molecule has 152 valence electrons. The zero-order valence-electron chi connectivity index (χ0n) is 16.7. The lowest BCUT2D eigenvalue weighted by molar-refractivity contribution is -0.128. The van der Waals surface area contributed by atoms with Gasteiger partial charge in [-0.05, 0) is 62.4 Å². The maximum Gasteiger partial charge on any atom is 0.268 e. The molecule has 1 N–H and O–H groups in total. The standard InChI is InChI=1S/C24H22N2O4/c1-16(26-21-10-6-7-11-22(21)29-17(2)24(26)28)23(27)25-18-12-14-20(15-13-18)30-19-8-4-3-5-9-19/h3-17H,1-2H3,(H,25,27). The summed E-state index contributed by atoms with van der Waals surface area (Å²) in [4.78, 5) is 27.1. The summed E-state index contributed by atoms with van der Waals surface area (Å²) < 4.78 is 11.4. The molecule has 0 fully saturated rings. The van der Waals surface area contributed by atoms with E-state index in [9.17, 15) is 9.59 Å². The van der Waals surface area contributed by atoms with Gasteiger partial charge in [0.05, 0.1) is 5.69 Å². The van der Waals surface area contributed by atoms with Gasteiger partial charge in [-0.25, -0.2) is 0 Å². The zero-order valence-corrected chi connectivity index (χ0v) is 16.7. The van der Waals surface area contributed by atoms with Gasteiger partial charge in [0.1, 0.15) is 23.3 Å². The number of nitrogens with one attached hydrogen (secondary N) is 1. The minimum Gasteiger partial charge on any atom is -0.479 e. The molecule has 0 aromatic heterocycles. The average Bonchev–Trinajstić information content (AvgIpc) is 2.76. The number of amides is 2. The molecule has 4 rings (SSSR count). The summed E-state index contributed by atoms with van der Waals surface area (Å²) in [6.45, 7) is 3.39. The molecule has 2 unspecified atom stereocenters. The van der Waals surface area contributed by atoms with E-state index in [2.05, 4.69) is 5.32 Å². The van der Waals surface area contributed by atoms with Crippen molar-refractivity contribution in [3.63, 3.8) is 0 Å². The molecule has 0 saturated carbocycles. The second-order valence-electron chi connectivity index (χ2n) is 7.04. The summed E-state index contributed by atoms with van der Waals surface area (Å²) in [7, 11) is 0. The van der Waals surface area contributed by atoms with Crippen molar-refractivity contribution in [2.45, 2.75) is 26.0 Å². The van der Waals surface area contributed by atoms with Crippen molar-refractivity contribution in [3.05, 3.63) is 78.9 Å². The third kappa shape index (κ3) is 3.98. The summed E-state index contributed by atoms with van der Waals surface area (Å²) in [6.07, 6.45) is -0.649. The number of para-hydroxylation sites is 3. The minimum atomic E-state index is -0.703. The third-order valence-corrected chi connectivity index (χ3v) is 4.88. The number of nitrogens with zero attached hydrogens (tertiary/aromatic N) is 1. The van der Waals surface area contributed by atoms with E-state index >= 15 is 0 Å². The van der Waals surface area contributed by atoms with Crippen molar-refractivity contribution in [2.75, 3.05) is 10.2 Å². The van der Waals surface area contributed by atoms with E-state index in [1.165, 1.54) is 4.90 Å². The molecule has 0 spiro atoms. The van der Waals surface area contributed by atoms with E-state index in [1.807, 2.05) is 42.5 Å². The molecule has 30 heavy (non-hydrogen) atoms. The lowest BCUT2D eigenvalue weighted by Gasteiger charge is -2.36. The molecule has 0 saturated heterocycles. The maximum atomic E-state index is 12.9. The molecule has 2 atom stereocenters. The number of ether oxygens (including phenoxy) is 2. The van der Waals surface area contributed by atoms with Gasteiger partial charge in [0, 0.05) is 5.69 Å². The second kappa shape index (κ2) is 8.29. The molecule has 1 aliphatic rings. The van der Waals surface area contributed by atoms with Crippen LogP contribution in [0.4, 0.5) is 11.4 Å². The lowest BCUT2D eigenvalue weighted by atomic mass is 10.1. The molecular formula is C24H22N2O4. The van der Waals surface area contributed by atoms with E-state index in [0.717, 1.165) is 5.75 Å². The van der Waals surface area contributed by atoms with Crippen LogP contribution in [0.5, 0.6) is 17.2 Å². The first-order valence-electron chi connectivity index (χ1n) is 9.75. The number of anilines is 2. The minimum absolute atomic E-state index is 0.247. The van der Waals surface area contributed by atoms with Gasteiger partial charge >= 0.3 is 0 Å². The fourth-order valence-corrected chi connectivity index (χ4v) is 3.31. The Morgan fingerprint density at radius 1 is 0.967 bits per heavy atom. The van der Waals surface area contributed by atoms with Crippen molar-refractivity contribution < 1.29 is 19.1 Å². The Balaban J connectivity index is 1.46. The van der Waals surface area contributed by atoms with Gasteiger partial charge < -0.3 is 14.8 Å². The molecule has 0 bridgehead atoms. The molecule has 0 radical (unpaired) electrons. The van der Waals surface area contributed by atoms with Gasteiger partial charge in [-0.3, -0.25) is 14.5 Å². The van der Waals surface area contributed by atoms with E-state index < -0.39 is 12.1 Å². The van der Waals surface area contributed by atoms with Gasteiger partial charge in [-0.2, -0.15) is 0 Å². The molecule has 1 heterocycles. The smallest absolute Gasteiger partial charge is 0.268 e. The molecule has 3 aromatic carbocycles. The van der Waals surface area contributed by atoms with Crippen LogP contribution in [0.25, 0.3) is 0 Å². The topological polar surface area (TPSA) is 67.9 Å². The van der Waals surface area contributed by atoms with Crippen molar-refractivity contribution in [1.29, 1.82) is 0 Å². The normalized spacial score (nSPS) is 16.3. The molecule has 6 nitrogen and oxygen atoms in total. The number of rotatable bonds is 5. The van der Waals surface area contributed by atoms with Crippen LogP contribution in [0.15, 0.2) is 78.9 Å². The Morgan fingerprint density at radius 3 is 2.33 bits per heavy atom. The van der Waals surface area contributed by atoms with Gasteiger partial charge in [0.25, 0.3) is 5.91 Å². The number of benzene rings is 3. The second-order valence-corrected chi connectivity index (χ2v) is 7.04. The first-order valence-corrected chi connectivity index (χ1v) is 9.75. The molecule has 3 aromatic rings. The lowest BCUT2D eigenvalue weighted by Crippen LogP contribution is -2.52. The summed E-state index contributed by atoms with van der Waals surface area (Å²) in [5.74, 6) is 1.46. The molecule has 0 aliphatic carbocycles. The Morgan fingerprint density at radius 2 is 1.60 bits per heavy atom. The SMILES string of the molecule is CC1Oc2ccccc2N(C(C)C(=O)Nc2ccc(Oc3ccccc3)cc2)C1=O. The Hall–Kier alpha value is -3.80. The van der Waals surface area contributed by atoms with Gasteiger partial charge in [0.15, 0.2) is 6.10 Å². The third-order valence-electron chi connectivity index (χ3n) is 4.88. The Kier molecular flexibility index (Phi) is 5.39. The predicted octanol–water partition coefficient (Wildman–Crippen LogP) is 4.62. The van der Waals surface area contributed by atoms with Crippen molar-refractivity contribution in [1.82, 2.24) is 0 Å².